The number of hydrogen-bond acceptors (Lipinski definition) is 4. The number of carbonyl (C=O) groups is 2. The van der Waals surface area contributed by atoms with Crippen molar-refractivity contribution in [1.82, 2.24) is 9.80 Å². The molecular weight excluding hydrogens is 306 g/mol. The van der Waals surface area contributed by atoms with E-state index in [1.54, 1.807) is 9.80 Å². The van der Waals surface area contributed by atoms with Crippen molar-refractivity contribution in [3.63, 3.8) is 0 Å². The second kappa shape index (κ2) is 8.68. The van der Waals surface area contributed by atoms with Gasteiger partial charge in [0.15, 0.2) is 0 Å². The highest BCUT2D eigenvalue weighted by molar-refractivity contribution is 5.78. The summed E-state index contributed by atoms with van der Waals surface area (Å²) >= 11 is 0. The quantitative estimate of drug-likeness (QED) is 0.864. The molecule has 1 aliphatic rings. The molecule has 0 aromatic heterocycles. The van der Waals surface area contributed by atoms with Crippen molar-refractivity contribution in [3.05, 3.63) is 35.9 Å². The van der Waals surface area contributed by atoms with Crippen molar-refractivity contribution in [1.29, 1.82) is 0 Å². The van der Waals surface area contributed by atoms with Gasteiger partial charge in [-0.15, -0.1) is 0 Å². The maximum absolute atomic E-state index is 12.4. The summed E-state index contributed by atoms with van der Waals surface area (Å²) in [6.07, 6.45) is 1.49. The van der Waals surface area contributed by atoms with Crippen LogP contribution in [0.1, 0.15) is 32.3 Å². The summed E-state index contributed by atoms with van der Waals surface area (Å²) in [6, 6.07) is 9.66. The molecule has 0 aliphatic carbocycles. The van der Waals surface area contributed by atoms with Gasteiger partial charge < -0.3 is 20.3 Å². The molecule has 1 heterocycles. The highest BCUT2D eigenvalue weighted by Crippen LogP contribution is 2.20. The van der Waals surface area contributed by atoms with Gasteiger partial charge in [-0.05, 0) is 32.3 Å². The fraction of sp³-hybridized carbons (Fsp3) is 0.556. The summed E-state index contributed by atoms with van der Waals surface area (Å²) in [6.45, 7) is 5.35. The Kier molecular flexibility index (Phi) is 6.61. The Morgan fingerprint density at radius 3 is 2.67 bits per heavy atom. The first-order valence-electron chi connectivity index (χ1n) is 8.49. The van der Waals surface area contributed by atoms with Gasteiger partial charge >= 0.3 is 6.09 Å². The Labute approximate surface area is 143 Å². The van der Waals surface area contributed by atoms with Gasteiger partial charge in [-0.2, -0.15) is 0 Å². The normalized spacial score (nSPS) is 17.2. The average molecular weight is 333 g/mol. The Balaban J connectivity index is 1.93. The van der Waals surface area contributed by atoms with Crippen LogP contribution in [0.3, 0.4) is 0 Å². The fourth-order valence-electron chi connectivity index (χ4n) is 3.01. The maximum Gasteiger partial charge on any atom is 0.410 e. The van der Waals surface area contributed by atoms with Crippen LogP contribution < -0.4 is 5.73 Å². The number of carbonyl (C=O) groups excluding carboxylic acids is 2. The summed E-state index contributed by atoms with van der Waals surface area (Å²) in [7, 11) is 0. The van der Waals surface area contributed by atoms with Crippen LogP contribution in [-0.2, 0) is 16.1 Å². The molecule has 0 spiro atoms. The molecule has 1 atom stereocenters. The first-order chi connectivity index (χ1) is 11.5. The molecule has 1 aliphatic heterocycles. The Hall–Kier alpha value is -2.08. The zero-order valence-electron chi connectivity index (χ0n) is 14.5. The van der Waals surface area contributed by atoms with Crippen LogP contribution in [0.2, 0.25) is 0 Å². The van der Waals surface area contributed by atoms with Gasteiger partial charge in [0, 0.05) is 19.1 Å². The zero-order valence-corrected chi connectivity index (χ0v) is 14.5. The van der Waals surface area contributed by atoms with Gasteiger partial charge in [-0.1, -0.05) is 30.3 Å². The molecule has 1 aromatic carbocycles. The number of rotatable bonds is 6. The molecule has 2 amide bonds. The third-order valence-corrected chi connectivity index (χ3v) is 4.34. The monoisotopic (exact) mass is 333 g/mol. The van der Waals surface area contributed by atoms with Gasteiger partial charge in [0.2, 0.25) is 5.91 Å². The molecule has 0 radical (unpaired) electrons. The minimum Gasteiger partial charge on any atom is -0.445 e. The van der Waals surface area contributed by atoms with Crippen molar-refractivity contribution < 1.29 is 14.3 Å². The van der Waals surface area contributed by atoms with E-state index in [1.165, 1.54) is 0 Å². The third kappa shape index (κ3) is 4.71. The van der Waals surface area contributed by atoms with Crippen LogP contribution in [-0.4, -0.2) is 53.5 Å². The Morgan fingerprint density at radius 2 is 2.04 bits per heavy atom. The number of likely N-dealkylation sites (tertiary alicyclic amines) is 1. The van der Waals surface area contributed by atoms with E-state index in [1.807, 2.05) is 44.2 Å². The molecule has 6 heteroatoms. The molecule has 6 nitrogen and oxygen atoms in total. The molecule has 0 saturated carbocycles. The molecule has 1 fully saturated rings. The predicted octanol–water partition coefficient (Wildman–Crippen LogP) is 1.98. The molecular formula is C18H27N3O3. The van der Waals surface area contributed by atoms with Crippen LogP contribution in [0, 0.1) is 0 Å². The number of nitrogens with two attached hydrogens (primary N) is 1. The van der Waals surface area contributed by atoms with Crippen LogP contribution in [0.15, 0.2) is 30.3 Å². The minimum absolute atomic E-state index is 0.00817. The van der Waals surface area contributed by atoms with E-state index in [-0.39, 0.29) is 37.2 Å². The van der Waals surface area contributed by atoms with Crippen molar-refractivity contribution >= 4 is 12.0 Å². The van der Waals surface area contributed by atoms with E-state index < -0.39 is 0 Å². The Bertz CT molecular complexity index is 548. The summed E-state index contributed by atoms with van der Waals surface area (Å²) < 4.78 is 5.43. The van der Waals surface area contributed by atoms with Crippen LogP contribution in [0.5, 0.6) is 0 Å². The SMILES string of the molecule is CC(C)N(C[C@H]1CCCN1C(=O)OCc1ccccc1)C(=O)CN. The number of amides is 2. The van der Waals surface area contributed by atoms with E-state index in [4.69, 9.17) is 10.5 Å². The van der Waals surface area contributed by atoms with E-state index in [0.717, 1.165) is 18.4 Å². The fourth-order valence-corrected chi connectivity index (χ4v) is 3.01. The van der Waals surface area contributed by atoms with E-state index in [2.05, 4.69) is 0 Å². The number of benzene rings is 1. The lowest BCUT2D eigenvalue weighted by atomic mass is 10.2. The number of nitrogens with zero attached hydrogens (tertiary/aromatic N) is 2. The molecule has 0 unspecified atom stereocenters. The lowest BCUT2D eigenvalue weighted by Crippen LogP contribution is -2.49. The van der Waals surface area contributed by atoms with Crippen molar-refractivity contribution in [2.24, 2.45) is 5.73 Å². The molecule has 2 N–H and O–H groups in total. The minimum atomic E-state index is -0.315. The van der Waals surface area contributed by atoms with Crippen LogP contribution >= 0.6 is 0 Å². The third-order valence-electron chi connectivity index (χ3n) is 4.34. The predicted molar refractivity (Wildman–Crippen MR) is 92.3 cm³/mol. The lowest BCUT2D eigenvalue weighted by Gasteiger charge is -2.32. The van der Waals surface area contributed by atoms with E-state index in [9.17, 15) is 9.59 Å². The van der Waals surface area contributed by atoms with Crippen molar-refractivity contribution in [2.75, 3.05) is 19.6 Å². The number of ether oxygens (including phenoxy) is 1. The molecule has 0 bridgehead atoms. The summed E-state index contributed by atoms with van der Waals surface area (Å²) in [5, 5.41) is 0. The van der Waals surface area contributed by atoms with Crippen molar-refractivity contribution in [2.45, 2.75) is 45.4 Å². The first kappa shape index (κ1) is 18.3. The molecule has 24 heavy (non-hydrogen) atoms. The molecule has 132 valence electrons. The van der Waals surface area contributed by atoms with Gasteiger partial charge in [0.25, 0.3) is 0 Å². The van der Waals surface area contributed by atoms with Crippen LogP contribution in [0.25, 0.3) is 0 Å². The van der Waals surface area contributed by atoms with Gasteiger partial charge in [-0.3, -0.25) is 4.79 Å². The highest BCUT2D eigenvalue weighted by atomic mass is 16.6. The standard InChI is InChI=1S/C18H27N3O3/c1-14(2)21(17(22)11-19)12-16-9-6-10-20(16)18(23)24-13-15-7-4-3-5-8-15/h3-5,7-8,14,16H,6,9-13,19H2,1-2H3/t16-/m1/s1. The van der Waals surface area contributed by atoms with Crippen molar-refractivity contribution in [3.8, 4) is 0 Å². The smallest absolute Gasteiger partial charge is 0.410 e. The molecule has 1 saturated heterocycles. The topological polar surface area (TPSA) is 75.9 Å². The summed E-state index contributed by atoms with van der Waals surface area (Å²) in [5.74, 6) is -0.0884. The second-order valence-electron chi connectivity index (χ2n) is 6.37. The van der Waals surface area contributed by atoms with Gasteiger partial charge in [0.1, 0.15) is 6.61 Å². The van der Waals surface area contributed by atoms with E-state index in [0.29, 0.717) is 13.1 Å². The average Bonchev–Trinajstić information content (AvgIpc) is 3.06. The summed E-state index contributed by atoms with van der Waals surface area (Å²) in [4.78, 5) is 27.9. The second-order valence-corrected chi connectivity index (χ2v) is 6.37. The van der Waals surface area contributed by atoms with Gasteiger partial charge in [-0.25, -0.2) is 4.79 Å². The first-order valence-corrected chi connectivity index (χ1v) is 8.49. The maximum atomic E-state index is 12.4. The van der Waals surface area contributed by atoms with E-state index >= 15 is 0 Å². The Morgan fingerprint density at radius 1 is 1.33 bits per heavy atom. The lowest BCUT2D eigenvalue weighted by molar-refractivity contribution is -0.132. The van der Waals surface area contributed by atoms with Gasteiger partial charge in [0.05, 0.1) is 12.6 Å². The highest BCUT2D eigenvalue weighted by Gasteiger charge is 2.32. The molecule has 2 rings (SSSR count). The zero-order chi connectivity index (χ0) is 17.5. The largest absolute Gasteiger partial charge is 0.445 e. The summed E-state index contributed by atoms with van der Waals surface area (Å²) in [5.41, 5.74) is 6.46. The van der Waals surface area contributed by atoms with Crippen LogP contribution in [0.4, 0.5) is 4.79 Å². The number of hydrogen-bond donors (Lipinski definition) is 1. The molecule has 1 aromatic rings.